The summed E-state index contributed by atoms with van der Waals surface area (Å²) in [5.41, 5.74) is 2.20. The van der Waals surface area contributed by atoms with Crippen LogP contribution in [0.5, 0.6) is 0 Å². The molecule has 2 aliphatic rings. The fraction of sp³-hybridized carbons (Fsp3) is 0.667. The summed E-state index contributed by atoms with van der Waals surface area (Å²) in [6.07, 6.45) is 3.57. The third kappa shape index (κ3) is 3.61. The molecule has 3 rings (SSSR count). The number of nitrogens with zero attached hydrogens (tertiary/aromatic N) is 1. The molecule has 0 bridgehead atoms. The molecule has 0 spiro atoms. The molecule has 3 atom stereocenters. The molecule has 0 unspecified atom stereocenters. The number of halogens is 1. The number of hydrogen-bond donors (Lipinski definition) is 1. The van der Waals surface area contributed by atoms with Crippen molar-refractivity contribution < 1.29 is 9.13 Å². The van der Waals surface area contributed by atoms with Crippen LogP contribution in [0.3, 0.4) is 0 Å². The first kappa shape index (κ1) is 15.8. The third-order valence-electron chi connectivity index (χ3n) is 5.09. The number of aryl methyl sites for hydroxylation is 1. The van der Waals surface area contributed by atoms with Crippen molar-refractivity contribution in [3.63, 3.8) is 0 Å². The molecule has 2 aliphatic heterocycles. The number of ether oxygens (including phenoxy) is 1. The highest BCUT2D eigenvalue weighted by Crippen LogP contribution is 2.25. The van der Waals surface area contributed by atoms with E-state index in [0.29, 0.717) is 18.0 Å². The second kappa shape index (κ2) is 6.97. The SMILES string of the molecule is Cc1cc(F)ccc1N1CCC[C@H](N[C@@H](C)[C@@H]2CCOC2)C1. The van der Waals surface area contributed by atoms with Gasteiger partial charge in [-0.15, -0.1) is 0 Å². The van der Waals surface area contributed by atoms with Crippen molar-refractivity contribution in [2.45, 2.75) is 45.2 Å². The molecular formula is C18H27FN2O. The largest absolute Gasteiger partial charge is 0.381 e. The highest BCUT2D eigenvalue weighted by atomic mass is 19.1. The molecule has 1 aromatic rings. The summed E-state index contributed by atoms with van der Waals surface area (Å²) >= 11 is 0. The number of anilines is 1. The summed E-state index contributed by atoms with van der Waals surface area (Å²) in [4.78, 5) is 2.40. The van der Waals surface area contributed by atoms with Crippen molar-refractivity contribution in [3.8, 4) is 0 Å². The molecule has 2 saturated heterocycles. The molecule has 22 heavy (non-hydrogen) atoms. The van der Waals surface area contributed by atoms with Crippen LogP contribution >= 0.6 is 0 Å². The second-order valence-electron chi connectivity index (χ2n) is 6.79. The zero-order chi connectivity index (χ0) is 15.5. The van der Waals surface area contributed by atoms with Gasteiger partial charge in [0.25, 0.3) is 0 Å². The first-order valence-corrected chi connectivity index (χ1v) is 8.48. The molecule has 0 aliphatic carbocycles. The lowest BCUT2D eigenvalue weighted by molar-refractivity contribution is 0.175. The smallest absolute Gasteiger partial charge is 0.123 e. The van der Waals surface area contributed by atoms with Gasteiger partial charge in [0.15, 0.2) is 0 Å². The van der Waals surface area contributed by atoms with E-state index in [4.69, 9.17) is 4.74 Å². The lowest BCUT2D eigenvalue weighted by Crippen LogP contribution is -2.50. The highest BCUT2D eigenvalue weighted by molar-refractivity contribution is 5.53. The van der Waals surface area contributed by atoms with Gasteiger partial charge in [-0.3, -0.25) is 0 Å². The van der Waals surface area contributed by atoms with Gasteiger partial charge in [0.2, 0.25) is 0 Å². The Kier molecular flexibility index (Phi) is 4.99. The van der Waals surface area contributed by atoms with Gasteiger partial charge in [-0.05, 0) is 62.8 Å². The van der Waals surface area contributed by atoms with Crippen LogP contribution in [0.2, 0.25) is 0 Å². The molecule has 2 fully saturated rings. The van der Waals surface area contributed by atoms with Crippen LogP contribution in [0.25, 0.3) is 0 Å². The number of benzene rings is 1. The van der Waals surface area contributed by atoms with Crippen LogP contribution < -0.4 is 10.2 Å². The number of rotatable bonds is 4. The van der Waals surface area contributed by atoms with Gasteiger partial charge in [0.1, 0.15) is 5.82 Å². The molecule has 1 N–H and O–H groups in total. The predicted octanol–water partition coefficient (Wildman–Crippen LogP) is 3.12. The van der Waals surface area contributed by atoms with E-state index in [9.17, 15) is 4.39 Å². The fourth-order valence-electron chi connectivity index (χ4n) is 3.76. The van der Waals surface area contributed by atoms with Gasteiger partial charge < -0.3 is 15.0 Å². The molecule has 3 nitrogen and oxygen atoms in total. The minimum Gasteiger partial charge on any atom is -0.381 e. The van der Waals surface area contributed by atoms with E-state index in [1.165, 1.54) is 24.9 Å². The monoisotopic (exact) mass is 306 g/mol. The zero-order valence-corrected chi connectivity index (χ0v) is 13.6. The fourth-order valence-corrected chi connectivity index (χ4v) is 3.76. The van der Waals surface area contributed by atoms with E-state index in [-0.39, 0.29) is 5.82 Å². The molecule has 122 valence electrons. The third-order valence-corrected chi connectivity index (χ3v) is 5.09. The maximum absolute atomic E-state index is 13.3. The second-order valence-corrected chi connectivity index (χ2v) is 6.79. The Balaban J connectivity index is 1.61. The van der Waals surface area contributed by atoms with Gasteiger partial charge in [0.05, 0.1) is 6.61 Å². The van der Waals surface area contributed by atoms with Crippen molar-refractivity contribution in [3.05, 3.63) is 29.6 Å². The number of hydrogen-bond acceptors (Lipinski definition) is 3. The van der Waals surface area contributed by atoms with Crippen LogP contribution in [-0.4, -0.2) is 38.4 Å². The summed E-state index contributed by atoms with van der Waals surface area (Å²) in [6.45, 7) is 8.13. The van der Waals surface area contributed by atoms with E-state index in [1.807, 2.05) is 13.0 Å². The zero-order valence-electron chi connectivity index (χ0n) is 13.6. The van der Waals surface area contributed by atoms with Crippen LogP contribution in [0, 0.1) is 18.7 Å². The van der Waals surface area contributed by atoms with E-state index >= 15 is 0 Å². The predicted molar refractivity (Wildman–Crippen MR) is 87.9 cm³/mol. The molecule has 0 radical (unpaired) electrons. The Bertz CT molecular complexity index is 502. The van der Waals surface area contributed by atoms with E-state index < -0.39 is 0 Å². The average Bonchev–Trinajstić information content (AvgIpc) is 3.02. The molecule has 2 heterocycles. The van der Waals surface area contributed by atoms with Crippen molar-refractivity contribution in [2.75, 3.05) is 31.2 Å². The normalized spacial score (nSPS) is 27.1. The van der Waals surface area contributed by atoms with Crippen LogP contribution in [-0.2, 0) is 4.74 Å². The maximum Gasteiger partial charge on any atom is 0.123 e. The Morgan fingerprint density at radius 3 is 2.95 bits per heavy atom. The summed E-state index contributed by atoms with van der Waals surface area (Å²) in [7, 11) is 0. The minimum absolute atomic E-state index is 0.150. The summed E-state index contributed by atoms with van der Waals surface area (Å²) in [5, 5.41) is 3.80. The van der Waals surface area contributed by atoms with Crippen LogP contribution in [0.1, 0.15) is 31.7 Å². The van der Waals surface area contributed by atoms with E-state index in [0.717, 1.165) is 31.9 Å². The van der Waals surface area contributed by atoms with Crippen molar-refractivity contribution in [2.24, 2.45) is 5.92 Å². The summed E-state index contributed by atoms with van der Waals surface area (Å²) in [5.74, 6) is 0.491. The van der Waals surface area contributed by atoms with Crippen molar-refractivity contribution in [1.82, 2.24) is 5.32 Å². The van der Waals surface area contributed by atoms with Gasteiger partial charge >= 0.3 is 0 Å². The average molecular weight is 306 g/mol. The van der Waals surface area contributed by atoms with Crippen LogP contribution in [0.15, 0.2) is 18.2 Å². The molecule has 0 aromatic heterocycles. The van der Waals surface area contributed by atoms with Crippen LogP contribution in [0.4, 0.5) is 10.1 Å². The lowest BCUT2D eigenvalue weighted by atomic mass is 9.97. The number of nitrogens with one attached hydrogen (secondary N) is 1. The first-order valence-electron chi connectivity index (χ1n) is 8.48. The topological polar surface area (TPSA) is 24.5 Å². The lowest BCUT2D eigenvalue weighted by Gasteiger charge is -2.37. The van der Waals surface area contributed by atoms with Gasteiger partial charge in [-0.2, -0.15) is 0 Å². The Labute approximate surface area is 132 Å². The quantitative estimate of drug-likeness (QED) is 0.925. The van der Waals surface area contributed by atoms with E-state index in [2.05, 4.69) is 17.1 Å². The van der Waals surface area contributed by atoms with Gasteiger partial charge in [-0.25, -0.2) is 4.39 Å². The summed E-state index contributed by atoms with van der Waals surface area (Å²) < 4.78 is 18.8. The van der Waals surface area contributed by atoms with Crippen molar-refractivity contribution >= 4 is 5.69 Å². The summed E-state index contributed by atoms with van der Waals surface area (Å²) in [6, 6.07) is 6.12. The Morgan fingerprint density at radius 2 is 2.23 bits per heavy atom. The molecule has 0 amide bonds. The number of piperidine rings is 1. The van der Waals surface area contributed by atoms with Gasteiger partial charge in [-0.1, -0.05) is 0 Å². The highest BCUT2D eigenvalue weighted by Gasteiger charge is 2.27. The molecular weight excluding hydrogens is 279 g/mol. The minimum atomic E-state index is -0.150. The molecule has 0 saturated carbocycles. The maximum atomic E-state index is 13.3. The Hall–Kier alpha value is -1.13. The first-order chi connectivity index (χ1) is 10.6. The Morgan fingerprint density at radius 1 is 1.36 bits per heavy atom. The molecule has 1 aromatic carbocycles. The van der Waals surface area contributed by atoms with Crippen molar-refractivity contribution in [1.29, 1.82) is 0 Å². The molecule has 4 heteroatoms. The standard InChI is InChI=1S/C18H27FN2O/c1-13-10-16(19)5-6-18(13)21-8-3-4-17(11-21)20-14(2)15-7-9-22-12-15/h5-6,10,14-15,17,20H,3-4,7-9,11-12H2,1-2H3/t14-,15+,17-/m0/s1. The van der Waals surface area contributed by atoms with Gasteiger partial charge in [0, 0.05) is 37.5 Å². The van der Waals surface area contributed by atoms with E-state index in [1.54, 1.807) is 12.1 Å².